The summed E-state index contributed by atoms with van der Waals surface area (Å²) in [5.41, 5.74) is -6.39. The topological polar surface area (TPSA) is 113 Å². The number of fused-ring (bicyclic) bond motifs is 5. The van der Waals surface area contributed by atoms with Gasteiger partial charge in [0.1, 0.15) is 6.61 Å². The standard InChI is InChI=1S/C30H44FNO6/c1-17-13-21-20-10-9-18-14-19(34)11-12-27(18,7)29(20,31)22(35)15-28(21,8)30(17,23(36)16-33)38-24(37)32-26(5,6)25(2,3)4/h11-12,14,17,20-22,33,35H,9-10,13,15-16H2,1-8H3,(H,32,37)/t17-,20-,21-,22-,27-,28-,29-,30-/m0/s1. The molecule has 3 fully saturated rings. The minimum Gasteiger partial charge on any atom is -0.434 e. The van der Waals surface area contributed by atoms with Crippen LogP contribution in [0.2, 0.25) is 0 Å². The molecule has 8 heteroatoms. The monoisotopic (exact) mass is 533 g/mol. The second-order valence-electron chi connectivity index (χ2n) is 14.1. The summed E-state index contributed by atoms with van der Waals surface area (Å²) in [4.78, 5) is 39.1. The molecule has 0 aromatic rings. The van der Waals surface area contributed by atoms with Gasteiger partial charge in [-0.05, 0) is 69.9 Å². The highest BCUT2D eigenvalue weighted by atomic mass is 19.1. The number of aliphatic hydroxyl groups is 2. The van der Waals surface area contributed by atoms with Crippen molar-refractivity contribution in [3.63, 3.8) is 0 Å². The Morgan fingerprint density at radius 2 is 1.82 bits per heavy atom. The van der Waals surface area contributed by atoms with E-state index >= 15 is 4.39 Å². The van der Waals surface area contributed by atoms with Gasteiger partial charge in [0, 0.05) is 28.2 Å². The summed E-state index contributed by atoms with van der Waals surface area (Å²) in [5.74, 6) is -2.36. The van der Waals surface area contributed by atoms with Crippen LogP contribution < -0.4 is 5.32 Å². The first-order valence-electron chi connectivity index (χ1n) is 13.8. The Morgan fingerprint density at radius 1 is 1.18 bits per heavy atom. The van der Waals surface area contributed by atoms with E-state index in [0.29, 0.717) is 24.8 Å². The van der Waals surface area contributed by atoms with Crippen LogP contribution in [0.1, 0.15) is 81.1 Å². The zero-order valence-electron chi connectivity index (χ0n) is 24.0. The molecule has 7 nitrogen and oxygen atoms in total. The number of alkyl halides is 1. The average Bonchev–Trinajstić information content (AvgIpc) is 3.01. The summed E-state index contributed by atoms with van der Waals surface area (Å²) in [6, 6.07) is 0. The van der Waals surface area contributed by atoms with Crippen LogP contribution in [-0.2, 0) is 14.3 Å². The van der Waals surface area contributed by atoms with Crippen molar-refractivity contribution in [2.45, 2.75) is 104 Å². The fourth-order valence-electron chi connectivity index (χ4n) is 8.13. The fourth-order valence-corrected chi connectivity index (χ4v) is 8.13. The minimum atomic E-state index is -2.06. The largest absolute Gasteiger partial charge is 0.434 e. The van der Waals surface area contributed by atoms with Gasteiger partial charge in [0.05, 0.1) is 6.10 Å². The number of hydrogen-bond acceptors (Lipinski definition) is 6. The first-order chi connectivity index (χ1) is 17.3. The van der Waals surface area contributed by atoms with Crippen LogP contribution in [0.25, 0.3) is 0 Å². The van der Waals surface area contributed by atoms with E-state index < -0.39 is 70.0 Å². The molecule has 212 valence electrons. The molecule has 0 saturated heterocycles. The second kappa shape index (κ2) is 8.72. The van der Waals surface area contributed by atoms with E-state index in [1.807, 2.05) is 34.6 Å². The molecule has 0 heterocycles. The highest BCUT2D eigenvalue weighted by Gasteiger charge is 2.77. The highest BCUT2D eigenvalue weighted by Crippen LogP contribution is 2.71. The number of alkyl carbamates (subject to hydrolysis) is 1. The summed E-state index contributed by atoms with van der Waals surface area (Å²) < 4.78 is 23.5. The van der Waals surface area contributed by atoms with Crippen molar-refractivity contribution < 1.29 is 33.7 Å². The predicted molar refractivity (Wildman–Crippen MR) is 141 cm³/mol. The van der Waals surface area contributed by atoms with Crippen LogP contribution in [-0.4, -0.2) is 57.4 Å². The van der Waals surface area contributed by atoms with Crippen molar-refractivity contribution in [3.8, 4) is 0 Å². The van der Waals surface area contributed by atoms with Gasteiger partial charge in [0.15, 0.2) is 17.1 Å². The summed E-state index contributed by atoms with van der Waals surface area (Å²) in [5, 5.41) is 24.6. The third-order valence-corrected chi connectivity index (χ3v) is 11.3. The molecule has 0 radical (unpaired) electrons. The molecule has 0 aromatic heterocycles. The van der Waals surface area contributed by atoms with Gasteiger partial charge >= 0.3 is 6.09 Å². The third-order valence-electron chi connectivity index (χ3n) is 11.3. The zero-order chi connectivity index (χ0) is 28.7. The van der Waals surface area contributed by atoms with Crippen molar-refractivity contribution in [1.82, 2.24) is 5.32 Å². The number of ether oxygens (including phenoxy) is 1. The maximum Gasteiger partial charge on any atom is 0.408 e. The first-order valence-corrected chi connectivity index (χ1v) is 13.8. The van der Waals surface area contributed by atoms with E-state index in [-0.39, 0.29) is 17.6 Å². The molecule has 0 aromatic carbocycles. The van der Waals surface area contributed by atoms with Gasteiger partial charge in [-0.2, -0.15) is 0 Å². The highest BCUT2D eigenvalue weighted by molar-refractivity contribution is 6.01. The average molecular weight is 534 g/mol. The first kappa shape index (κ1) is 28.9. The number of carbonyl (C=O) groups excluding carboxylic acids is 3. The summed E-state index contributed by atoms with van der Waals surface area (Å²) in [6.45, 7) is 14.2. The van der Waals surface area contributed by atoms with Crippen LogP contribution in [0.15, 0.2) is 23.8 Å². The molecule has 38 heavy (non-hydrogen) atoms. The number of aliphatic hydroxyl groups excluding tert-OH is 2. The Hall–Kier alpha value is -2.06. The quantitative estimate of drug-likeness (QED) is 0.492. The Bertz CT molecular complexity index is 1110. The van der Waals surface area contributed by atoms with E-state index in [0.717, 1.165) is 0 Å². The Kier molecular flexibility index (Phi) is 6.64. The van der Waals surface area contributed by atoms with Gasteiger partial charge in [0.2, 0.25) is 5.78 Å². The number of ketones is 2. The maximum absolute atomic E-state index is 17.4. The van der Waals surface area contributed by atoms with Crippen LogP contribution in [0.3, 0.4) is 0 Å². The van der Waals surface area contributed by atoms with Crippen molar-refractivity contribution in [1.29, 1.82) is 0 Å². The molecule has 8 atom stereocenters. The molecule has 4 aliphatic rings. The van der Waals surface area contributed by atoms with Crippen LogP contribution in [0.4, 0.5) is 9.18 Å². The molecule has 3 N–H and O–H groups in total. The SMILES string of the molecule is C[C@H]1C[C@H]2[C@@H]3CCC4=CC(=O)C=C[C@]4(C)[C@@]3(F)[C@@H](O)C[C@]2(C)[C@@]1(OC(=O)NC(C)(C)C(C)(C)C)C(=O)CO. The van der Waals surface area contributed by atoms with Crippen molar-refractivity contribution in [3.05, 3.63) is 23.8 Å². The van der Waals surface area contributed by atoms with E-state index in [2.05, 4.69) is 5.32 Å². The third kappa shape index (κ3) is 3.61. The van der Waals surface area contributed by atoms with Gasteiger partial charge in [-0.1, -0.05) is 46.3 Å². The van der Waals surface area contributed by atoms with Crippen LogP contribution in [0.5, 0.6) is 0 Å². The van der Waals surface area contributed by atoms with Crippen molar-refractivity contribution in [2.24, 2.45) is 34.0 Å². The van der Waals surface area contributed by atoms with Gasteiger partial charge < -0.3 is 20.3 Å². The van der Waals surface area contributed by atoms with E-state index in [1.54, 1.807) is 26.8 Å². The Balaban J connectivity index is 1.78. The van der Waals surface area contributed by atoms with E-state index in [4.69, 9.17) is 4.74 Å². The fraction of sp³-hybridized carbons (Fsp3) is 0.767. The van der Waals surface area contributed by atoms with Crippen LogP contribution in [0, 0.1) is 34.0 Å². The molecular formula is C30H44FNO6. The molecule has 4 rings (SSSR count). The lowest BCUT2D eigenvalue weighted by Gasteiger charge is -2.62. The predicted octanol–water partition coefficient (Wildman–Crippen LogP) is 4.45. The number of nitrogens with one attached hydrogen (secondary N) is 1. The van der Waals surface area contributed by atoms with E-state index in [9.17, 15) is 24.6 Å². The lowest BCUT2D eigenvalue weighted by Crippen LogP contribution is -2.70. The molecule has 4 aliphatic carbocycles. The number of allylic oxidation sites excluding steroid dienone is 4. The summed E-state index contributed by atoms with van der Waals surface area (Å²) >= 11 is 0. The molecule has 0 bridgehead atoms. The molecule has 0 aliphatic heterocycles. The maximum atomic E-state index is 17.4. The second-order valence-corrected chi connectivity index (χ2v) is 14.1. The van der Waals surface area contributed by atoms with Crippen LogP contribution >= 0.6 is 0 Å². The molecule has 3 saturated carbocycles. The number of amides is 1. The minimum absolute atomic E-state index is 0.124. The van der Waals surface area contributed by atoms with Gasteiger partial charge in [-0.25, -0.2) is 9.18 Å². The van der Waals surface area contributed by atoms with Gasteiger partial charge in [0.25, 0.3) is 0 Å². The van der Waals surface area contributed by atoms with Crippen molar-refractivity contribution in [2.75, 3.05) is 6.61 Å². The van der Waals surface area contributed by atoms with Crippen molar-refractivity contribution >= 4 is 17.7 Å². The number of carbonyl (C=O) groups is 3. The number of hydrogen-bond donors (Lipinski definition) is 3. The number of Topliss-reactive ketones (excluding diaryl/α,β-unsaturated/α-hetero) is 1. The molecule has 0 spiro atoms. The lowest BCUT2D eigenvalue weighted by molar-refractivity contribution is -0.219. The summed E-state index contributed by atoms with van der Waals surface area (Å²) in [7, 11) is 0. The number of halogens is 1. The molecule has 1 amide bonds. The Labute approximate surface area is 225 Å². The lowest BCUT2D eigenvalue weighted by atomic mass is 9.44. The van der Waals surface area contributed by atoms with Gasteiger partial charge in [-0.3, -0.25) is 9.59 Å². The molecular weight excluding hydrogens is 489 g/mol. The Morgan fingerprint density at radius 3 is 2.39 bits per heavy atom. The number of rotatable bonds is 4. The normalized spacial score (nSPS) is 42.5. The smallest absolute Gasteiger partial charge is 0.408 e. The van der Waals surface area contributed by atoms with E-state index in [1.165, 1.54) is 12.2 Å². The molecule has 0 unspecified atom stereocenters. The van der Waals surface area contributed by atoms with Gasteiger partial charge in [-0.15, -0.1) is 0 Å². The zero-order valence-corrected chi connectivity index (χ0v) is 24.0. The summed E-state index contributed by atoms with van der Waals surface area (Å²) in [6.07, 6.45) is 3.37.